The molecule has 192 valence electrons. The van der Waals surface area contributed by atoms with E-state index in [1.807, 2.05) is 0 Å². The first kappa shape index (κ1) is 28.7. The van der Waals surface area contributed by atoms with E-state index in [4.69, 9.17) is 23.7 Å². The highest BCUT2D eigenvalue weighted by Gasteiger charge is 2.50. The minimum atomic E-state index is -0.871. The van der Waals surface area contributed by atoms with Crippen LogP contribution in [0.4, 0.5) is 0 Å². The molecule has 4 rings (SSSR count). The zero-order chi connectivity index (χ0) is 22.4. The van der Waals surface area contributed by atoms with Crippen molar-refractivity contribution in [2.75, 3.05) is 39.6 Å². The zero-order valence-corrected chi connectivity index (χ0v) is 16.2. The lowest BCUT2D eigenvalue weighted by molar-refractivity contribution is -0.769. The molecule has 1 amide bonds. The van der Waals surface area contributed by atoms with E-state index in [1.165, 1.54) is 0 Å². The molecule has 0 aromatic heterocycles. The maximum atomic E-state index is 10.3. The molecule has 0 aromatic rings. The minimum absolute atomic E-state index is 0. The number of amides is 1. The Kier molecular flexibility index (Phi) is 11.6. The van der Waals surface area contributed by atoms with Gasteiger partial charge in [0.1, 0.15) is 36.6 Å². The molecule has 0 aromatic carbocycles. The maximum Gasteiger partial charge on any atom is 0.294 e. The van der Waals surface area contributed by atoms with E-state index in [0.717, 1.165) is 0 Å². The van der Waals surface area contributed by atoms with Crippen molar-refractivity contribution in [1.29, 1.82) is 0 Å². The van der Waals surface area contributed by atoms with Crippen molar-refractivity contribution in [3.8, 4) is 0 Å². The summed E-state index contributed by atoms with van der Waals surface area (Å²) in [5.41, 5.74) is 0. The molecule has 16 heteroatoms. The third kappa shape index (κ3) is 7.31. The Hall–Kier alpha value is -2.37. The molecule has 0 saturated carbocycles. The van der Waals surface area contributed by atoms with E-state index < -0.39 is 46.8 Å². The fourth-order valence-corrected chi connectivity index (χ4v) is 3.75. The zero-order valence-electron chi connectivity index (χ0n) is 16.2. The van der Waals surface area contributed by atoms with Gasteiger partial charge in [0.05, 0.1) is 33.0 Å². The number of fused-ring (bicyclic) bond motifs is 2. The van der Waals surface area contributed by atoms with E-state index in [9.17, 15) is 30.1 Å². The van der Waals surface area contributed by atoms with Gasteiger partial charge in [0.25, 0.3) is 10.2 Å². The number of carbonyl (C=O) groups is 1. The van der Waals surface area contributed by atoms with Crippen LogP contribution in [0.3, 0.4) is 0 Å². The molecule has 4 saturated heterocycles. The molecule has 0 bridgehead atoms. The molecular formula is C17H31N3O13. The molecule has 0 spiro atoms. The van der Waals surface area contributed by atoms with Crippen LogP contribution in [-0.4, -0.2) is 110 Å². The van der Waals surface area contributed by atoms with Crippen molar-refractivity contribution < 1.29 is 53.4 Å². The van der Waals surface area contributed by atoms with E-state index >= 15 is 0 Å². The van der Waals surface area contributed by atoms with Gasteiger partial charge in [0.15, 0.2) is 12.2 Å². The molecule has 0 radical (unpaired) electrons. The summed E-state index contributed by atoms with van der Waals surface area (Å²) in [6, 6.07) is 0. The Labute approximate surface area is 189 Å². The summed E-state index contributed by atoms with van der Waals surface area (Å²) in [4.78, 5) is 39.1. The number of hydrogen-bond acceptors (Lipinski definition) is 13. The van der Waals surface area contributed by atoms with Crippen molar-refractivity contribution >= 4 is 6.41 Å². The summed E-state index contributed by atoms with van der Waals surface area (Å²) in [5.74, 6) is 0. The van der Waals surface area contributed by atoms with Gasteiger partial charge in [-0.15, -0.1) is 20.2 Å². The second kappa shape index (κ2) is 13.4. The highest BCUT2D eigenvalue weighted by molar-refractivity contribution is 5.45. The number of nitrogens with zero attached hydrogens (tertiary/aromatic N) is 2. The smallest absolute Gasteiger partial charge is 0.294 e. The van der Waals surface area contributed by atoms with Crippen molar-refractivity contribution in [3.05, 3.63) is 20.2 Å². The topological polar surface area (TPSA) is 200 Å². The first-order valence-electron chi connectivity index (χ1n) is 9.46. The fraction of sp³-hybridized carbons (Fsp3) is 0.941. The van der Waals surface area contributed by atoms with Crippen LogP contribution in [0, 0.1) is 20.2 Å². The highest BCUT2D eigenvalue weighted by atomic mass is 17.0. The third-order valence-electron chi connectivity index (χ3n) is 5.05. The lowest BCUT2D eigenvalue weighted by atomic mass is 10.1. The molecule has 4 aliphatic rings. The van der Waals surface area contributed by atoms with E-state index in [1.54, 1.807) is 0 Å². The standard InChI is InChI=1S/C9H14N2O7.C6H9NO6.2CH4/c12-5-10-1-2-15-6-3-16-9-7(18-11(13)14)4-17-8(6)9;8-3-1-11-6-4(13-7(9)10)2-12-5(3)6;;/h5-9H,1-4H2,(H,10,12);3-6,8H,1-2H2;2*1H4/t6-,7+,8+,9+;3-,4+,5+,6+;;/m00../s1. The fourth-order valence-electron chi connectivity index (χ4n) is 3.75. The van der Waals surface area contributed by atoms with Crippen molar-refractivity contribution in [2.45, 2.75) is 63.7 Å². The number of nitrogens with one attached hydrogen (secondary N) is 1. The normalized spacial score (nSPS) is 35.5. The van der Waals surface area contributed by atoms with Gasteiger partial charge in [0.2, 0.25) is 6.41 Å². The van der Waals surface area contributed by atoms with Crippen molar-refractivity contribution in [2.24, 2.45) is 0 Å². The first-order chi connectivity index (χ1) is 14.9. The molecule has 2 N–H and O–H groups in total. The average molecular weight is 485 g/mol. The third-order valence-corrected chi connectivity index (χ3v) is 5.05. The average Bonchev–Trinajstić information content (AvgIpc) is 3.46. The molecule has 0 aliphatic carbocycles. The van der Waals surface area contributed by atoms with Crippen LogP contribution in [0.5, 0.6) is 0 Å². The Balaban J connectivity index is 0.000000324. The minimum Gasteiger partial charge on any atom is -0.388 e. The van der Waals surface area contributed by atoms with Crippen LogP contribution in [0.2, 0.25) is 0 Å². The van der Waals surface area contributed by atoms with Crippen LogP contribution in [0.1, 0.15) is 14.9 Å². The summed E-state index contributed by atoms with van der Waals surface area (Å²) in [6.07, 6.45) is -3.64. The highest BCUT2D eigenvalue weighted by Crippen LogP contribution is 2.30. The number of ether oxygens (including phenoxy) is 5. The molecule has 33 heavy (non-hydrogen) atoms. The molecule has 16 nitrogen and oxygen atoms in total. The van der Waals surface area contributed by atoms with Gasteiger partial charge in [-0.3, -0.25) is 4.79 Å². The summed E-state index contributed by atoms with van der Waals surface area (Å²) in [6.45, 7) is 1.38. The van der Waals surface area contributed by atoms with Gasteiger partial charge >= 0.3 is 0 Å². The lowest BCUT2D eigenvalue weighted by Crippen LogP contribution is -2.35. The number of aliphatic hydroxyl groups is 1. The maximum absolute atomic E-state index is 10.3. The monoisotopic (exact) mass is 485 g/mol. The summed E-state index contributed by atoms with van der Waals surface area (Å²) < 4.78 is 26.5. The Morgan fingerprint density at radius 3 is 1.85 bits per heavy atom. The van der Waals surface area contributed by atoms with Gasteiger partial charge in [0, 0.05) is 6.54 Å². The molecule has 0 unspecified atom stereocenters. The molecule has 4 fully saturated rings. The lowest BCUT2D eigenvalue weighted by Gasteiger charge is -2.16. The van der Waals surface area contributed by atoms with Crippen LogP contribution in [-0.2, 0) is 38.2 Å². The number of rotatable bonds is 9. The van der Waals surface area contributed by atoms with Gasteiger partial charge in [-0.1, -0.05) is 14.9 Å². The Bertz CT molecular complexity index is 641. The summed E-state index contributed by atoms with van der Waals surface area (Å²) >= 11 is 0. The Morgan fingerprint density at radius 1 is 0.848 bits per heavy atom. The largest absolute Gasteiger partial charge is 0.388 e. The van der Waals surface area contributed by atoms with E-state index in [0.29, 0.717) is 26.2 Å². The summed E-state index contributed by atoms with van der Waals surface area (Å²) in [5, 5.41) is 30.3. The second-order valence-corrected chi connectivity index (χ2v) is 6.98. The van der Waals surface area contributed by atoms with Gasteiger partial charge < -0.3 is 43.8 Å². The Morgan fingerprint density at radius 2 is 1.30 bits per heavy atom. The number of aliphatic hydroxyl groups excluding tert-OH is 1. The molecule has 8 atom stereocenters. The van der Waals surface area contributed by atoms with E-state index in [-0.39, 0.29) is 46.9 Å². The van der Waals surface area contributed by atoms with Crippen LogP contribution >= 0.6 is 0 Å². The van der Waals surface area contributed by atoms with E-state index in [2.05, 4.69) is 15.0 Å². The number of carbonyl (C=O) groups excluding carboxylic acids is 1. The quantitative estimate of drug-likeness (QED) is 0.165. The van der Waals surface area contributed by atoms with Crippen LogP contribution in [0.25, 0.3) is 0 Å². The van der Waals surface area contributed by atoms with Gasteiger partial charge in [-0.25, -0.2) is 0 Å². The van der Waals surface area contributed by atoms with Crippen molar-refractivity contribution in [3.63, 3.8) is 0 Å². The van der Waals surface area contributed by atoms with Gasteiger partial charge in [-0.05, 0) is 0 Å². The first-order valence-corrected chi connectivity index (χ1v) is 9.46. The second-order valence-electron chi connectivity index (χ2n) is 6.98. The van der Waals surface area contributed by atoms with Crippen LogP contribution < -0.4 is 5.32 Å². The summed E-state index contributed by atoms with van der Waals surface area (Å²) in [7, 11) is 0. The van der Waals surface area contributed by atoms with Gasteiger partial charge in [-0.2, -0.15) is 0 Å². The number of hydrogen-bond donors (Lipinski definition) is 2. The van der Waals surface area contributed by atoms with Crippen molar-refractivity contribution in [1.82, 2.24) is 5.32 Å². The SMILES string of the molecule is C.C.O=CNCCO[C@H]1CO[C@H]2[C@@H]1OC[C@H]2O[N+](=O)[O-].O=[N+]([O-])O[C@@H]1CO[C@H]2[C@@H]1OC[C@@H]2O. The van der Waals surface area contributed by atoms with Crippen LogP contribution in [0.15, 0.2) is 0 Å². The predicted molar refractivity (Wildman–Crippen MR) is 106 cm³/mol. The predicted octanol–water partition coefficient (Wildman–Crippen LogP) is -1.51. The molecule has 4 aliphatic heterocycles. The molecular weight excluding hydrogens is 454 g/mol. The molecule has 4 heterocycles.